The zero-order valence-corrected chi connectivity index (χ0v) is 9.42. The SMILES string of the molecule is C=C(C)C(=O)OO.O=C(O)Cc1ccccc1. The van der Waals surface area contributed by atoms with Crippen molar-refractivity contribution >= 4 is 11.9 Å². The monoisotopic (exact) mass is 238 g/mol. The van der Waals surface area contributed by atoms with Crippen molar-refractivity contribution in [3.05, 3.63) is 48.0 Å². The minimum Gasteiger partial charge on any atom is -0.481 e. The molecule has 5 heteroatoms. The van der Waals surface area contributed by atoms with Crippen LogP contribution in [0.2, 0.25) is 0 Å². The number of benzene rings is 1. The van der Waals surface area contributed by atoms with Crippen LogP contribution in [-0.2, 0) is 20.9 Å². The lowest BCUT2D eigenvalue weighted by atomic mass is 10.2. The number of carboxylic acid groups (broad SMARTS) is 1. The number of carbonyl (C=O) groups excluding carboxylic acids is 1. The van der Waals surface area contributed by atoms with Crippen molar-refractivity contribution in [1.82, 2.24) is 0 Å². The number of carboxylic acids is 1. The van der Waals surface area contributed by atoms with Gasteiger partial charge in [-0.1, -0.05) is 36.9 Å². The minimum absolute atomic E-state index is 0.112. The van der Waals surface area contributed by atoms with E-state index in [9.17, 15) is 9.59 Å². The molecule has 0 aliphatic carbocycles. The smallest absolute Gasteiger partial charge is 0.367 e. The fourth-order valence-electron chi connectivity index (χ4n) is 0.848. The Morgan fingerprint density at radius 1 is 1.29 bits per heavy atom. The molecule has 0 heterocycles. The van der Waals surface area contributed by atoms with Crippen molar-refractivity contribution in [3.8, 4) is 0 Å². The van der Waals surface area contributed by atoms with Gasteiger partial charge in [-0.25, -0.2) is 4.79 Å². The van der Waals surface area contributed by atoms with Crippen molar-refractivity contribution in [1.29, 1.82) is 0 Å². The summed E-state index contributed by atoms with van der Waals surface area (Å²) in [5.74, 6) is -1.58. The molecule has 5 nitrogen and oxygen atoms in total. The number of aliphatic carboxylic acids is 1. The Balaban J connectivity index is 0.000000325. The molecule has 17 heavy (non-hydrogen) atoms. The third kappa shape index (κ3) is 7.75. The molecule has 0 bridgehead atoms. The molecule has 0 aliphatic heterocycles. The fraction of sp³-hybridized carbons (Fsp3) is 0.167. The number of hydrogen-bond donors (Lipinski definition) is 2. The van der Waals surface area contributed by atoms with Gasteiger partial charge in [0.1, 0.15) is 0 Å². The van der Waals surface area contributed by atoms with E-state index in [1.807, 2.05) is 18.2 Å². The van der Waals surface area contributed by atoms with Crippen molar-refractivity contribution in [2.45, 2.75) is 13.3 Å². The number of hydrogen-bond acceptors (Lipinski definition) is 4. The van der Waals surface area contributed by atoms with Crippen LogP contribution >= 0.6 is 0 Å². The van der Waals surface area contributed by atoms with Crippen LogP contribution in [0.4, 0.5) is 0 Å². The van der Waals surface area contributed by atoms with E-state index in [0.717, 1.165) is 5.56 Å². The average molecular weight is 238 g/mol. The zero-order chi connectivity index (χ0) is 13.3. The average Bonchev–Trinajstić information content (AvgIpc) is 2.29. The van der Waals surface area contributed by atoms with E-state index in [2.05, 4.69) is 11.5 Å². The summed E-state index contributed by atoms with van der Waals surface area (Å²) in [6, 6.07) is 9.13. The molecule has 0 fully saturated rings. The van der Waals surface area contributed by atoms with Crippen molar-refractivity contribution < 1.29 is 24.8 Å². The third-order valence-electron chi connectivity index (χ3n) is 1.63. The van der Waals surface area contributed by atoms with E-state index in [4.69, 9.17) is 10.4 Å². The highest BCUT2D eigenvalue weighted by Gasteiger charge is 1.98. The molecule has 0 aliphatic rings. The first kappa shape index (κ1) is 14.9. The van der Waals surface area contributed by atoms with Crippen LogP contribution in [0.3, 0.4) is 0 Å². The summed E-state index contributed by atoms with van der Waals surface area (Å²) in [7, 11) is 0. The first-order valence-corrected chi connectivity index (χ1v) is 4.74. The molecule has 0 spiro atoms. The highest BCUT2D eigenvalue weighted by atomic mass is 17.1. The zero-order valence-electron chi connectivity index (χ0n) is 9.42. The van der Waals surface area contributed by atoms with E-state index in [1.165, 1.54) is 6.92 Å². The van der Waals surface area contributed by atoms with E-state index in [0.29, 0.717) is 0 Å². The van der Waals surface area contributed by atoms with Gasteiger partial charge >= 0.3 is 11.9 Å². The number of rotatable bonds is 3. The van der Waals surface area contributed by atoms with Crippen molar-refractivity contribution in [2.24, 2.45) is 0 Å². The maximum Gasteiger partial charge on any atom is 0.367 e. The molecule has 1 aromatic rings. The number of carbonyl (C=O) groups is 2. The molecule has 0 unspecified atom stereocenters. The second kappa shape index (κ2) is 8.06. The van der Waals surface area contributed by atoms with Gasteiger partial charge in [0.15, 0.2) is 0 Å². The summed E-state index contributed by atoms with van der Waals surface area (Å²) in [4.78, 5) is 23.4. The van der Waals surface area contributed by atoms with Crippen LogP contribution in [-0.4, -0.2) is 22.3 Å². The van der Waals surface area contributed by atoms with Crippen LogP contribution in [0, 0.1) is 0 Å². The van der Waals surface area contributed by atoms with Gasteiger partial charge in [0.25, 0.3) is 0 Å². The molecule has 2 N–H and O–H groups in total. The van der Waals surface area contributed by atoms with Crippen LogP contribution in [0.15, 0.2) is 42.5 Å². The van der Waals surface area contributed by atoms with E-state index in [1.54, 1.807) is 12.1 Å². The lowest BCUT2D eigenvalue weighted by Crippen LogP contribution is -1.99. The highest BCUT2D eigenvalue weighted by Crippen LogP contribution is 1.98. The molecule has 0 aromatic heterocycles. The lowest BCUT2D eigenvalue weighted by Gasteiger charge is -1.92. The van der Waals surface area contributed by atoms with Gasteiger partial charge in [-0.15, -0.1) is 0 Å². The van der Waals surface area contributed by atoms with Gasteiger partial charge in [0.05, 0.1) is 6.42 Å². The maximum atomic E-state index is 10.2. The van der Waals surface area contributed by atoms with Crippen molar-refractivity contribution in [2.75, 3.05) is 0 Å². The molecular weight excluding hydrogens is 224 g/mol. The molecule has 0 saturated carbocycles. The van der Waals surface area contributed by atoms with Gasteiger partial charge in [-0.2, -0.15) is 5.26 Å². The Labute approximate surface area is 98.9 Å². The largest absolute Gasteiger partial charge is 0.481 e. The highest BCUT2D eigenvalue weighted by molar-refractivity contribution is 5.86. The molecule has 0 saturated heterocycles. The van der Waals surface area contributed by atoms with Gasteiger partial charge in [0, 0.05) is 5.57 Å². The fourth-order valence-corrected chi connectivity index (χ4v) is 0.848. The molecule has 0 atom stereocenters. The second-order valence-corrected chi connectivity index (χ2v) is 3.22. The topological polar surface area (TPSA) is 83.8 Å². The van der Waals surface area contributed by atoms with Gasteiger partial charge in [-0.3, -0.25) is 9.68 Å². The summed E-state index contributed by atoms with van der Waals surface area (Å²) in [6.07, 6.45) is 0.112. The summed E-state index contributed by atoms with van der Waals surface area (Å²) in [6.45, 7) is 4.63. The second-order valence-electron chi connectivity index (χ2n) is 3.22. The normalized spacial score (nSPS) is 8.59. The summed E-state index contributed by atoms with van der Waals surface area (Å²) < 4.78 is 0. The molecule has 0 radical (unpaired) electrons. The standard InChI is InChI=1S/C8H8O2.C4H6O3/c9-8(10)6-7-4-2-1-3-5-7;1-3(2)4(5)7-6/h1-5H,6H2,(H,9,10);6H,1H2,2H3. The Bertz CT molecular complexity index is 383. The van der Waals surface area contributed by atoms with Gasteiger partial charge < -0.3 is 5.11 Å². The van der Waals surface area contributed by atoms with Crippen molar-refractivity contribution in [3.63, 3.8) is 0 Å². The van der Waals surface area contributed by atoms with E-state index in [-0.39, 0.29) is 12.0 Å². The van der Waals surface area contributed by atoms with Crippen LogP contribution in [0.5, 0.6) is 0 Å². The molecule has 92 valence electrons. The Morgan fingerprint density at radius 3 is 2.12 bits per heavy atom. The van der Waals surface area contributed by atoms with Crippen LogP contribution in [0.1, 0.15) is 12.5 Å². The molecular formula is C12H14O5. The Kier molecular flexibility index (Phi) is 7.05. The quantitative estimate of drug-likeness (QED) is 0.477. The Hall–Kier alpha value is -2.14. The van der Waals surface area contributed by atoms with Gasteiger partial charge in [0.2, 0.25) is 0 Å². The third-order valence-corrected chi connectivity index (χ3v) is 1.63. The first-order valence-electron chi connectivity index (χ1n) is 4.74. The van der Waals surface area contributed by atoms with Crippen LogP contribution < -0.4 is 0 Å². The minimum atomic E-state index is -0.792. The Morgan fingerprint density at radius 2 is 1.82 bits per heavy atom. The van der Waals surface area contributed by atoms with E-state index >= 15 is 0 Å². The molecule has 0 amide bonds. The lowest BCUT2D eigenvalue weighted by molar-refractivity contribution is -0.229. The molecule has 1 rings (SSSR count). The predicted molar refractivity (Wildman–Crippen MR) is 61.3 cm³/mol. The summed E-state index contributed by atoms with van der Waals surface area (Å²) in [5, 5.41) is 16.0. The summed E-state index contributed by atoms with van der Waals surface area (Å²) in [5.41, 5.74) is 1.03. The predicted octanol–water partition coefficient (Wildman–Crippen LogP) is 1.89. The summed E-state index contributed by atoms with van der Waals surface area (Å²) >= 11 is 0. The maximum absolute atomic E-state index is 10.2. The first-order chi connectivity index (χ1) is 7.97. The van der Waals surface area contributed by atoms with Crippen LogP contribution in [0.25, 0.3) is 0 Å². The van der Waals surface area contributed by atoms with Gasteiger partial charge in [-0.05, 0) is 12.5 Å². The van der Waals surface area contributed by atoms with E-state index < -0.39 is 11.9 Å². The molecule has 1 aromatic carbocycles.